The Kier molecular flexibility index (Phi) is 7.16. The van der Waals surface area contributed by atoms with E-state index in [1.54, 1.807) is 30.5 Å². The largest absolute Gasteiger partial charge is 0.494 e. The van der Waals surface area contributed by atoms with Gasteiger partial charge in [-0.2, -0.15) is 0 Å². The molecule has 0 spiro atoms. The number of oxime groups is 1. The average molecular weight is 499 g/mol. The van der Waals surface area contributed by atoms with Crippen LogP contribution in [0.2, 0.25) is 5.02 Å². The van der Waals surface area contributed by atoms with Crippen LogP contribution >= 0.6 is 11.6 Å². The summed E-state index contributed by atoms with van der Waals surface area (Å²) in [4.78, 5) is 37.4. The lowest BCUT2D eigenvalue weighted by Crippen LogP contribution is -2.25. The van der Waals surface area contributed by atoms with Crippen molar-refractivity contribution in [3.05, 3.63) is 91.4 Å². The molecule has 1 atom stereocenters. The van der Waals surface area contributed by atoms with Gasteiger partial charge in [-0.15, -0.1) is 0 Å². The van der Waals surface area contributed by atoms with Crippen molar-refractivity contribution in [2.24, 2.45) is 5.16 Å². The third-order valence-corrected chi connectivity index (χ3v) is 6.10. The summed E-state index contributed by atoms with van der Waals surface area (Å²) in [6.45, 7) is 4.01. The molecule has 4 rings (SSSR count). The Balaban J connectivity index is 1.54. The first-order valence-electron chi connectivity index (χ1n) is 11.0. The molecule has 0 bridgehead atoms. The van der Waals surface area contributed by atoms with E-state index in [0.29, 0.717) is 40.9 Å². The monoisotopic (exact) mass is 498 g/mol. The molecule has 1 aromatic carbocycles. The summed E-state index contributed by atoms with van der Waals surface area (Å²) in [5.74, 6) is -0.627. The number of carbonyl (C=O) groups is 1. The van der Waals surface area contributed by atoms with Crippen LogP contribution in [-0.4, -0.2) is 28.7 Å². The summed E-state index contributed by atoms with van der Waals surface area (Å²) >= 11 is 5.93. The normalized spacial score (nSPS) is 14.9. The molecule has 182 valence electrons. The third-order valence-electron chi connectivity index (χ3n) is 5.81. The van der Waals surface area contributed by atoms with Crippen LogP contribution in [0.5, 0.6) is 5.75 Å². The molecule has 1 aliphatic rings. The number of pyridine rings is 2. The maximum Gasteiger partial charge on any atom is 0.266 e. The lowest BCUT2D eigenvalue weighted by molar-refractivity contribution is 0.0854. The fraction of sp³-hybridized carbons (Fsp3) is 0.280. The highest BCUT2D eigenvalue weighted by molar-refractivity contribution is 6.30. The highest BCUT2D eigenvalue weighted by Gasteiger charge is 2.27. The first-order valence-corrected chi connectivity index (χ1v) is 11.4. The van der Waals surface area contributed by atoms with E-state index in [1.807, 2.05) is 13.8 Å². The van der Waals surface area contributed by atoms with Crippen LogP contribution in [0.1, 0.15) is 57.9 Å². The molecule has 0 aliphatic carbocycles. The van der Waals surface area contributed by atoms with E-state index < -0.39 is 11.9 Å². The maximum absolute atomic E-state index is 13.7. The van der Waals surface area contributed by atoms with E-state index >= 15 is 0 Å². The summed E-state index contributed by atoms with van der Waals surface area (Å²) in [6, 6.07) is 7.70. The Bertz CT molecular complexity index is 1370. The number of methoxy groups -OCH3 is 1. The maximum atomic E-state index is 13.7. The zero-order valence-corrected chi connectivity index (χ0v) is 20.2. The molecule has 1 unspecified atom stereocenters. The Morgan fingerprint density at radius 2 is 2.14 bits per heavy atom. The standard InChI is InChI=1S/C25H24ClFN4O4/c1-4-16-13(2)30-20(21-10-22(35-31-21)15-8-18(26)25(33)29-12-15)9-17(16)24(32)28-11-14-5-6-19(27)23(7-14)34-3/h5-9,12,22H,4,10-11H2,1-3H3,(H,28,32)(H,29,33). The summed E-state index contributed by atoms with van der Waals surface area (Å²) in [5.41, 5.74) is 4.16. The van der Waals surface area contributed by atoms with Crippen LogP contribution in [0.15, 0.2) is 46.5 Å². The Morgan fingerprint density at radius 3 is 2.86 bits per heavy atom. The van der Waals surface area contributed by atoms with Crippen molar-refractivity contribution in [1.29, 1.82) is 0 Å². The molecule has 2 N–H and O–H groups in total. The summed E-state index contributed by atoms with van der Waals surface area (Å²) in [6.07, 6.45) is 2.13. The number of aryl methyl sites for hydroxylation is 1. The fourth-order valence-corrected chi connectivity index (χ4v) is 4.13. The lowest BCUT2D eigenvalue weighted by Gasteiger charge is -2.14. The molecule has 3 aromatic rings. The number of hydrogen-bond acceptors (Lipinski definition) is 6. The van der Waals surface area contributed by atoms with Crippen LogP contribution in [0.25, 0.3) is 0 Å². The minimum atomic E-state index is -0.466. The highest BCUT2D eigenvalue weighted by Crippen LogP contribution is 2.30. The van der Waals surface area contributed by atoms with E-state index in [0.717, 1.165) is 11.3 Å². The van der Waals surface area contributed by atoms with Crippen molar-refractivity contribution in [3.63, 3.8) is 0 Å². The Hall–Kier alpha value is -3.72. The second-order valence-electron chi connectivity index (χ2n) is 8.07. The molecule has 0 fully saturated rings. The van der Waals surface area contributed by atoms with Crippen LogP contribution < -0.4 is 15.6 Å². The van der Waals surface area contributed by atoms with Crippen molar-refractivity contribution in [1.82, 2.24) is 15.3 Å². The summed E-state index contributed by atoms with van der Waals surface area (Å²) < 4.78 is 18.7. The minimum absolute atomic E-state index is 0.0681. The van der Waals surface area contributed by atoms with E-state index in [9.17, 15) is 14.0 Å². The van der Waals surface area contributed by atoms with Gasteiger partial charge in [-0.3, -0.25) is 14.6 Å². The number of aromatic nitrogens is 2. The minimum Gasteiger partial charge on any atom is -0.494 e. The van der Waals surface area contributed by atoms with Crippen LogP contribution in [0.3, 0.4) is 0 Å². The van der Waals surface area contributed by atoms with E-state index in [1.165, 1.54) is 13.2 Å². The van der Waals surface area contributed by atoms with Gasteiger partial charge in [0.1, 0.15) is 10.7 Å². The van der Waals surface area contributed by atoms with Gasteiger partial charge in [0.25, 0.3) is 11.5 Å². The van der Waals surface area contributed by atoms with Crippen molar-refractivity contribution >= 4 is 23.2 Å². The highest BCUT2D eigenvalue weighted by atomic mass is 35.5. The lowest BCUT2D eigenvalue weighted by atomic mass is 9.98. The molecule has 0 saturated heterocycles. The van der Waals surface area contributed by atoms with Gasteiger partial charge in [0.2, 0.25) is 0 Å². The first kappa shape index (κ1) is 24.4. The smallest absolute Gasteiger partial charge is 0.266 e. The number of aromatic amines is 1. The number of benzene rings is 1. The molecule has 0 radical (unpaired) electrons. The Morgan fingerprint density at radius 1 is 1.34 bits per heavy atom. The van der Waals surface area contributed by atoms with E-state index in [2.05, 4.69) is 20.4 Å². The number of amides is 1. The van der Waals surface area contributed by atoms with Crippen LogP contribution in [0, 0.1) is 12.7 Å². The molecule has 3 heterocycles. The fourth-order valence-electron chi connectivity index (χ4n) is 3.95. The van der Waals surface area contributed by atoms with Crippen molar-refractivity contribution in [3.8, 4) is 5.75 Å². The zero-order valence-electron chi connectivity index (χ0n) is 19.4. The van der Waals surface area contributed by atoms with Gasteiger partial charge in [0.05, 0.1) is 12.8 Å². The van der Waals surface area contributed by atoms with E-state index in [4.69, 9.17) is 21.2 Å². The van der Waals surface area contributed by atoms with Gasteiger partial charge in [0.15, 0.2) is 17.7 Å². The molecule has 0 saturated carbocycles. The average Bonchev–Trinajstić information content (AvgIpc) is 3.35. The Labute approximate surface area is 206 Å². The van der Waals surface area contributed by atoms with E-state index in [-0.39, 0.29) is 28.8 Å². The quantitative estimate of drug-likeness (QED) is 0.507. The number of hydrogen-bond donors (Lipinski definition) is 2. The molecule has 1 aliphatic heterocycles. The molecule has 35 heavy (non-hydrogen) atoms. The topological polar surface area (TPSA) is 106 Å². The van der Waals surface area contributed by atoms with Gasteiger partial charge < -0.3 is 19.9 Å². The van der Waals surface area contributed by atoms with Crippen molar-refractivity contribution < 1.29 is 18.8 Å². The summed E-state index contributed by atoms with van der Waals surface area (Å²) in [5, 5.41) is 7.13. The second-order valence-corrected chi connectivity index (χ2v) is 8.48. The molecular weight excluding hydrogens is 475 g/mol. The predicted molar refractivity (Wildman–Crippen MR) is 130 cm³/mol. The number of rotatable bonds is 7. The molecule has 2 aromatic heterocycles. The van der Waals surface area contributed by atoms with Crippen LogP contribution in [-0.2, 0) is 17.8 Å². The van der Waals surface area contributed by atoms with Crippen molar-refractivity contribution in [2.45, 2.75) is 39.3 Å². The number of nitrogens with zero attached hydrogens (tertiary/aromatic N) is 2. The number of nitrogens with one attached hydrogen (secondary N) is 2. The van der Waals surface area contributed by atoms with Gasteiger partial charge in [-0.25, -0.2) is 4.39 Å². The summed E-state index contributed by atoms with van der Waals surface area (Å²) in [7, 11) is 1.39. The molecule has 1 amide bonds. The SMILES string of the molecule is CCc1c(C(=O)NCc2ccc(F)c(OC)c2)cc(C2=NOC(c3c[nH]c(=O)c(Cl)c3)C2)nc1C. The number of carbonyl (C=O) groups excluding carboxylic acids is 1. The number of H-pyrrole nitrogens is 1. The first-order chi connectivity index (χ1) is 16.8. The van der Waals surface area contributed by atoms with Gasteiger partial charge >= 0.3 is 0 Å². The number of ether oxygens (including phenoxy) is 1. The van der Waals surface area contributed by atoms with Gasteiger partial charge in [-0.1, -0.05) is 29.7 Å². The van der Waals surface area contributed by atoms with Gasteiger partial charge in [0, 0.05) is 36.0 Å². The predicted octanol–water partition coefficient (Wildman–Crippen LogP) is 4.24. The van der Waals surface area contributed by atoms with Crippen molar-refractivity contribution in [2.75, 3.05) is 7.11 Å². The zero-order chi connectivity index (χ0) is 25.1. The number of halogens is 2. The third kappa shape index (κ3) is 5.19. The molecule has 8 nitrogen and oxygen atoms in total. The van der Waals surface area contributed by atoms with Gasteiger partial charge in [-0.05, 0) is 48.7 Å². The molecular formula is C25H24ClFN4O4. The van der Waals surface area contributed by atoms with Crippen LogP contribution in [0.4, 0.5) is 4.39 Å². The molecule has 10 heteroatoms. The second kappa shape index (κ2) is 10.3.